The van der Waals surface area contributed by atoms with Crippen LogP contribution in [-0.4, -0.2) is 65.7 Å². The van der Waals surface area contributed by atoms with E-state index in [2.05, 4.69) is 81.9 Å². The number of aryl methyl sites for hydroxylation is 1. The highest BCUT2D eigenvalue weighted by Crippen LogP contribution is 2.38. The lowest BCUT2D eigenvalue weighted by molar-refractivity contribution is -0.111. The Bertz CT molecular complexity index is 1590. The molecule has 1 amide bonds. The summed E-state index contributed by atoms with van der Waals surface area (Å²) in [6, 6.07) is 12.4. The molecular formula is C33H41N7O2. The van der Waals surface area contributed by atoms with Crippen molar-refractivity contribution in [1.82, 2.24) is 19.4 Å². The number of nitrogens with one attached hydrogen (secondary N) is 2. The maximum atomic E-state index is 12.4. The van der Waals surface area contributed by atoms with E-state index in [1.165, 1.54) is 23.6 Å². The summed E-state index contributed by atoms with van der Waals surface area (Å²) in [4.78, 5) is 26.3. The van der Waals surface area contributed by atoms with E-state index in [-0.39, 0.29) is 5.91 Å². The third-order valence-corrected chi connectivity index (χ3v) is 8.25. The Labute approximate surface area is 248 Å². The van der Waals surface area contributed by atoms with Gasteiger partial charge in [0.25, 0.3) is 0 Å². The molecule has 0 radical (unpaired) electrons. The summed E-state index contributed by atoms with van der Waals surface area (Å²) < 4.78 is 7.93. The minimum absolute atomic E-state index is 0.283. The number of anilines is 4. The molecule has 2 aromatic heterocycles. The highest BCUT2D eigenvalue weighted by atomic mass is 16.5. The van der Waals surface area contributed by atoms with Crippen LogP contribution in [0.1, 0.15) is 38.2 Å². The summed E-state index contributed by atoms with van der Waals surface area (Å²) in [6.07, 6.45) is 7.49. The van der Waals surface area contributed by atoms with Gasteiger partial charge in [-0.3, -0.25) is 4.79 Å². The molecule has 9 heteroatoms. The van der Waals surface area contributed by atoms with E-state index < -0.39 is 0 Å². The van der Waals surface area contributed by atoms with E-state index in [1.54, 1.807) is 13.3 Å². The molecule has 3 heterocycles. The van der Waals surface area contributed by atoms with Gasteiger partial charge >= 0.3 is 0 Å². The van der Waals surface area contributed by atoms with Crippen molar-refractivity contribution < 1.29 is 9.53 Å². The molecular weight excluding hydrogens is 526 g/mol. The Hall–Kier alpha value is -4.37. The number of carbonyl (C=O) groups excluding carboxylic acids is 1. The molecule has 1 aliphatic rings. The van der Waals surface area contributed by atoms with Gasteiger partial charge in [0.15, 0.2) is 0 Å². The second-order valence-electron chi connectivity index (χ2n) is 11.0. The monoisotopic (exact) mass is 567 g/mol. The number of aromatic nitrogens is 3. The summed E-state index contributed by atoms with van der Waals surface area (Å²) in [7, 11) is 5.72. The van der Waals surface area contributed by atoms with Gasteiger partial charge in [-0.2, -0.15) is 0 Å². The van der Waals surface area contributed by atoms with Crippen LogP contribution < -0.4 is 20.3 Å². The number of hydrogen-bond donors (Lipinski definition) is 2. The first-order valence-electron chi connectivity index (χ1n) is 14.6. The quantitative estimate of drug-likeness (QED) is 0.198. The minimum Gasteiger partial charge on any atom is -0.494 e. The molecule has 0 bridgehead atoms. The minimum atomic E-state index is -0.283. The molecule has 42 heavy (non-hydrogen) atoms. The number of amides is 1. The third kappa shape index (κ3) is 6.11. The summed E-state index contributed by atoms with van der Waals surface area (Å²) in [5.74, 6) is 1.27. The van der Waals surface area contributed by atoms with Crippen LogP contribution in [-0.2, 0) is 11.8 Å². The maximum absolute atomic E-state index is 12.4. The molecule has 0 saturated carbocycles. The molecule has 9 nitrogen and oxygen atoms in total. The average molecular weight is 568 g/mol. The van der Waals surface area contributed by atoms with Crippen LogP contribution in [0.3, 0.4) is 0 Å². The van der Waals surface area contributed by atoms with Gasteiger partial charge in [0.1, 0.15) is 5.75 Å². The number of likely N-dealkylation sites (tertiary alicyclic amines) is 1. The first-order valence-corrected chi connectivity index (χ1v) is 14.6. The van der Waals surface area contributed by atoms with Gasteiger partial charge in [0.05, 0.1) is 29.9 Å². The van der Waals surface area contributed by atoms with Gasteiger partial charge in [-0.1, -0.05) is 32.6 Å². The lowest BCUT2D eigenvalue weighted by Gasteiger charge is -2.33. The summed E-state index contributed by atoms with van der Waals surface area (Å²) in [5.41, 5.74) is 6.52. The van der Waals surface area contributed by atoms with Crippen molar-refractivity contribution in [2.45, 2.75) is 32.6 Å². The maximum Gasteiger partial charge on any atom is 0.247 e. The van der Waals surface area contributed by atoms with Gasteiger partial charge in [0.2, 0.25) is 11.9 Å². The Balaban J connectivity index is 1.46. The van der Waals surface area contributed by atoms with E-state index >= 15 is 0 Å². The zero-order valence-corrected chi connectivity index (χ0v) is 25.3. The smallest absolute Gasteiger partial charge is 0.247 e. The number of hydrogen-bond acceptors (Lipinski definition) is 7. The summed E-state index contributed by atoms with van der Waals surface area (Å²) in [5, 5.41) is 7.43. The molecule has 220 valence electrons. The number of rotatable bonds is 12. The van der Waals surface area contributed by atoms with Crippen molar-refractivity contribution in [3.8, 4) is 17.0 Å². The molecule has 1 fully saturated rings. The Morgan fingerprint density at radius 3 is 2.71 bits per heavy atom. The van der Waals surface area contributed by atoms with Crippen LogP contribution in [0.15, 0.2) is 61.4 Å². The van der Waals surface area contributed by atoms with Crippen LogP contribution in [0.4, 0.5) is 23.0 Å². The third-order valence-electron chi connectivity index (χ3n) is 8.25. The normalized spacial score (nSPS) is 13.8. The molecule has 1 atom stereocenters. The Kier molecular flexibility index (Phi) is 8.77. The van der Waals surface area contributed by atoms with Gasteiger partial charge in [0, 0.05) is 62.1 Å². The number of nitrogens with zero attached hydrogens (tertiary/aromatic N) is 5. The largest absolute Gasteiger partial charge is 0.494 e. The van der Waals surface area contributed by atoms with Crippen LogP contribution >= 0.6 is 0 Å². The zero-order chi connectivity index (χ0) is 29.8. The number of likely N-dealkylation sites (N-methyl/N-ethyl adjacent to an activating group) is 1. The van der Waals surface area contributed by atoms with Gasteiger partial charge in [-0.25, -0.2) is 9.97 Å². The predicted molar refractivity (Wildman–Crippen MR) is 172 cm³/mol. The van der Waals surface area contributed by atoms with Gasteiger partial charge < -0.3 is 29.7 Å². The molecule has 5 rings (SSSR count). The lowest BCUT2D eigenvalue weighted by Crippen LogP contribution is -2.42. The first-order chi connectivity index (χ1) is 20.3. The summed E-state index contributed by atoms with van der Waals surface area (Å²) >= 11 is 0. The molecule has 1 saturated heterocycles. The van der Waals surface area contributed by atoms with E-state index in [0.717, 1.165) is 54.9 Å². The van der Waals surface area contributed by atoms with Gasteiger partial charge in [-0.05, 0) is 61.7 Å². The van der Waals surface area contributed by atoms with Crippen molar-refractivity contribution in [3.63, 3.8) is 0 Å². The number of benzene rings is 2. The molecule has 2 aromatic carbocycles. The van der Waals surface area contributed by atoms with Crippen molar-refractivity contribution in [2.24, 2.45) is 7.05 Å². The van der Waals surface area contributed by atoms with Crippen LogP contribution in [0.5, 0.6) is 5.75 Å². The highest BCUT2D eigenvalue weighted by Gasteiger charge is 2.19. The predicted octanol–water partition coefficient (Wildman–Crippen LogP) is 6.17. The van der Waals surface area contributed by atoms with Crippen LogP contribution in [0.25, 0.3) is 22.2 Å². The average Bonchev–Trinajstić information content (AvgIpc) is 3.31. The molecule has 2 N–H and O–H groups in total. The SMILES string of the molecule is C=CC(=O)Nc1cc(Nc2nccc(-c3cn(C)c4cc(C(C)CC)ccc34)n2)c(OC)cc1N(C)CCN1CCC1. The molecule has 1 unspecified atom stereocenters. The number of ether oxygens (including phenoxy) is 1. The zero-order valence-electron chi connectivity index (χ0n) is 25.3. The van der Waals surface area contributed by atoms with E-state index in [4.69, 9.17) is 9.72 Å². The fourth-order valence-corrected chi connectivity index (χ4v) is 5.29. The van der Waals surface area contributed by atoms with Gasteiger partial charge in [-0.15, -0.1) is 0 Å². The second-order valence-corrected chi connectivity index (χ2v) is 11.0. The van der Waals surface area contributed by atoms with Crippen molar-refractivity contribution in [2.75, 3.05) is 55.9 Å². The topological polar surface area (TPSA) is 87.5 Å². The molecule has 0 aliphatic carbocycles. The van der Waals surface area contributed by atoms with Crippen molar-refractivity contribution in [1.29, 1.82) is 0 Å². The fourth-order valence-electron chi connectivity index (χ4n) is 5.29. The number of methoxy groups -OCH3 is 1. The van der Waals surface area contributed by atoms with Crippen molar-refractivity contribution in [3.05, 3.63) is 67.0 Å². The van der Waals surface area contributed by atoms with Crippen LogP contribution in [0.2, 0.25) is 0 Å². The van der Waals surface area contributed by atoms with Crippen molar-refractivity contribution >= 4 is 39.8 Å². The molecule has 1 aliphatic heterocycles. The second kappa shape index (κ2) is 12.7. The fraction of sp³-hybridized carbons (Fsp3) is 0.364. The van der Waals surface area contributed by atoms with Crippen LogP contribution in [0, 0.1) is 0 Å². The summed E-state index contributed by atoms with van der Waals surface area (Å²) in [6.45, 7) is 12.1. The standard InChI is InChI=1S/C33H41N7O2/c1-7-22(3)23-10-11-24-25(21-39(5)29(24)18-23)26-12-13-34-33(36-26)37-28-19-27(35-32(41)8-2)30(20-31(28)42-6)38(4)16-17-40-14-9-15-40/h8,10-13,18-22H,2,7,9,14-17H2,1,3-6H3,(H,35,41)(H,34,36,37). The lowest BCUT2D eigenvalue weighted by atomic mass is 9.97. The molecule has 0 spiro atoms. The number of carbonyl (C=O) groups is 1. The highest BCUT2D eigenvalue weighted by molar-refractivity contribution is 6.02. The van der Waals surface area contributed by atoms with E-state index in [9.17, 15) is 4.79 Å². The number of fused-ring (bicyclic) bond motifs is 1. The van der Waals surface area contributed by atoms with E-state index in [1.807, 2.05) is 25.2 Å². The Morgan fingerprint density at radius 2 is 2.02 bits per heavy atom. The first kappa shape index (κ1) is 29.1. The molecule has 4 aromatic rings. The Morgan fingerprint density at radius 1 is 1.21 bits per heavy atom. The van der Waals surface area contributed by atoms with E-state index in [0.29, 0.717) is 29.0 Å².